The molecule has 1 saturated heterocycles. The number of rotatable bonds is 7. The molecule has 0 aromatic rings. The predicted molar refractivity (Wildman–Crippen MR) is 87.8 cm³/mol. The van der Waals surface area contributed by atoms with E-state index in [9.17, 15) is 8.42 Å². The molecule has 1 aliphatic heterocycles. The maximum absolute atomic E-state index is 12.5. The predicted octanol–water partition coefficient (Wildman–Crippen LogP) is 2.61. The molecule has 2 rings (SSSR count). The van der Waals surface area contributed by atoms with Crippen LogP contribution in [0.3, 0.4) is 0 Å². The molecule has 124 valence electrons. The smallest absolute Gasteiger partial charge is 0.214 e. The quantitative estimate of drug-likeness (QED) is 0.735. The third-order valence-electron chi connectivity index (χ3n) is 5.03. The van der Waals surface area contributed by atoms with E-state index in [0.29, 0.717) is 17.7 Å². The number of nitrogens with zero attached hydrogens (tertiary/aromatic N) is 1. The Labute approximate surface area is 130 Å². The molecule has 0 radical (unpaired) electrons. The largest absolute Gasteiger partial charge is 0.315 e. The van der Waals surface area contributed by atoms with Crippen LogP contribution in [0.15, 0.2) is 0 Å². The Kier molecular flexibility index (Phi) is 6.51. The zero-order valence-corrected chi connectivity index (χ0v) is 14.5. The number of fused-ring (bicyclic) bond motifs is 1. The summed E-state index contributed by atoms with van der Waals surface area (Å²) in [6, 6.07) is 0.479. The lowest BCUT2D eigenvalue weighted by Crippen LogP contribution is -2.45. The summed E-state index contributed by atoms with van der Waals surface area (Å²) in [4.78, 5) is 0. The van der Waals surface area contributed by atoms with Gasteiger partial charge in [-0.2, -0.15) is 0 Å². The highest BCUT2D eigenvalue weighted by Gasteiger charge is 2.35. The third kappa shape index (κ3) is 5.22. The van der Waals surface area contributed by atoms with Gasteiger partial charge in [0.05, 0.1) is 5.75 Å². The number of piperidine rings is 1. The van der Waals surface area contributed by atoms with Gasteiger partial charge in [-0.15, -0.1) is 0 Å². The van der Waals surface area contributed by atoms with E-state index in [1.807, 2.05) is 0 Å². The molecule has 1 aliphatic carbocycles. The second-order valence-corrected chi connectivity index (χ2v) is 9.17. The summed E-state index contributed by atoms with van der Waals surface area (Å²) < 4.78 is 26.7. The van der Waals surface area contributed by atoms with Crippen LogP contribution in [-0.2, 0) is 10.0 Å². The second kappa shape index (κ2) is 7.93. The van der Waals surface area contributed by atoms with Crippen molar-refractivity contribution >= 4 is 10.0 Å². The van der Waals surface area contributed by atoms with Crippen molar-refractivity contribution < 1.29 is 8.42 Å². The van der Waals surface area contributed by atoms with Gasteiger partial charge in [-0.1, -0.05) is 33.1 Å². The molecule has 1 N–H and O–H groups in total. The average molecular weight is 317 g/mol. The number of nitrogens with one attached hydrogen (secondary N) is 1. The van der Waals surface area contributed by atoms with Gasteiger partial charge in [-0.05, 0) is 44.1 Å². The second-order valence-electron chi connectivity index (χ2n) is 7.08. The first-order valence-electron chi connectivity index (χ1n) is 8.70. The van der Waals surface area contributed by atoms with E-state index in [1.54, 1.807) is 4.31 Å². The summed E-state index contributed by atoms with van der Waals surface area (Å²) in [6.45, 7) is 6.69. The lowest BCUT2D eigenvalue weighted by atomic mass is 9.76. The monoisotopic (exact) mass is 316 g/mol. The average Bonchev–Trinajstić information content (AvgIpc) is 2.46. The molecule has 1 heterocycles. The Morgan fingerprint density at radius 3 is 2.52 bits per heavy atom. The molecule has 2 aliphatic rings. The van der Waals surface area contributed by atoms with Gasteiger partial charge in [0.15, 0.2) is 0 Å². The van der Waals surface area contributed by atoms with Crippen LogP contribution in [0.5, 0.6) is 0 Å². The fourth-order valence-electron chi connectivity index (χ4n) is 3.75. The Hall–Kier alpha value is -0.130. The molecule has 21 heavy (non-hydrogen) atoms. The lowest BCUT2D eigenvalue weighted by Gasteiger charge is -2.40. The third-order valence-corrected chi connectivity index (χ3v) is 6.95. The molecule has 0 spiro atoms. The number of hydrogen-bond acceptors (Lipinski definition) is 3. The van der Waals surface area contributed by atoms with E-state index in [0.717, 1.165) is 44.8 Å². The van der Waals surface area contributed by atoms with Gasteiger partial charge in [0.25, 0.3) is 0 Å². The molecule has 2 fully saturated rings. The zero-order chi connectivity index (χ0) is 15.3. The van der Waals surface area contributed by atoms with E-state index in [-0.39, 0.29) is 0 Å². The number of unbranched alkanes of at least 4 members (excludes halogenated alkanes) is 1. The standard InChI is InChI=1S/C16H32N2O2S/c1-14(2)17-10-5-6-12-21(19,20)18-11-9-15-7-3-4-8-16(15)13-18/h14-17H,3-13H2,1-2H3. The van der Waals surface area contributed by atoms with Crippen LogP contribution in [-0.4, -0.2) is 44.2 Å². The molecule has 0 aromatic heterocycles. The molecule has 4 nitrogen and oxygen atoms in total. The van der Waals surface area contributed by atoms with Gasteiger partial charge in [0, 0.05) is 19.1 Å². The van der Waals surface area contributed by atoms with E-state index in [2.05, 4.69) is 19.2 Å². The molecular formula is C16H32N2O2S. The van der Waals surface area contributed by atoms with Crippen LogP contribution >= 0.6 is 0 Å². The lowest BCUT2D eigenvalue weighted by molar-refractivity contribution is 0.136. The molecule has 0 amide bonds. The van der Waals surface area contributed by atoms with Crippen molar-refractivity contribution in [2.24, 2.45) is 11.8 Å². The maximum atomic E-state index is 12.5. The van der Waals surface area contributed by atoms with Crippen molar-refractivity contribution in [2.75, 3.05) is 25.4 Å². The summed E-state index contributed by atoms with van der Waals surface area (Å²) in [6.07, 6.45) is 7.98. The van der Waals surface area contributed by atoms with Gasteiger partial charge >= 0.3 is 0 Å². The molecular weight excluding hydrogens is 284 g/mol. The highest BCUT2D eigenvalue weighted by atomic mass is 32.2. The summed E-state index contributed by atoms with van der Waals surface area (Å²) in [5.74, 6) is 1.75. The van der Waals surface area contributed by atoms with Crippen LogP contribution in [0, 0.1) is 11.8 Å². The van der Waals surface area contributed by atoms with Crippen LogP contribution in [0.2, 0.25) is 0 Å². The summed E-state index contributed by atoms with van der Waals surface area (Å²) in [7, 11) is -3.03. The van der Waals surface area contributed by atoms with E-state index >= 15 is 0 Å². The molecule has 1 saturated carbocycles. The maximum Gasteiger partial charge on any atom is 0.214 e. The highest BCUT2D eigenvalue weighted by Crippen LogP contribution is 2.36. The van der Waals surface area contributed by atoms with Crippen LogP contribution in [0.25, 0.3) is 0 Å². The van der Waals surface area contributed by atoms with Gasteiger partial charge in [0.1, 0.15) is 0 Å². The van der Waals surface area contributed by atoms with Crippen LogP contribution < -0.4 is 5.32 Å². The van der Waals surface area contributed by atoms with E-state index in [1.165, 1.54) is 25.7 Å². The summed E-state index contributed by atoms with van der Waals surface area (Å²) in [5.41, 5.74) is 0. The molecule has 5 heteroatoms. The minimum atomic E-state index is -3.03. The number of hydrogen-bond donors (Lipinski definition) is 1. The van der Waals surface area contributed by atoms with Crippen molar-refractivity contribution in [3.05, 3.63) is 0 Å². The van der Waals surface area contributed by atoms with E-state index < -0.39 is 10.0 Å². The fraction of sp³-hybridized carbons (Fsp3) is 1.00. The minimum absolute atomic E-state index is 0.324. The van der Waals surface area contributed by atoms with Gasteiger partial charge < -0.3 is 5.32 Å². The van der Waals surface area contributed by atoms with Gasteiger partial charge in [0.2, 0.25) is 10.0 Å². The molecule has 0 bridgehead atoms. The Morgan fingerprint density at radius 2 is 1.81 bits per heavy atom. The Morgan fingerprint density at radius 1 is 1.10 bits per heavy atom. The van der Waals surface area contributed by atoms with Crippen LogP contribution in [0.4, 0.5) is 0 Å². The first kappa shape index (κ1) is 17.2. The Balaban J connectivity index is 1.74. The first-order chi connectivity index (χ1) is 9.99. The summed E-state index contributed by atoms with van der Waals surface area (Å²) >= 11 is 0. The van der Waals surface area contributed by atoms with Gasteiger partial charge in [-0.25, -0.2) is 12.7 Å². The topological polar surface area (TPSA) is 49.4 Å². The zero-order valence-electron chi connectivity index (χ0n) is 13.7. The number of sulfonamides is 1. The van der Waals surface area contributed by atoms with Crippen molar-refractivity contribution in [3.8, 4) is 0 Å². The van der Waals surface area contributed by atoms with E-state index in [4.69, 9.17) is 0 Å². The fourth-order valence-corrected chi connectivity index (χ4v) is 5.38. The van der Waals surface area contributed by atoms with Crippen molar-refractivity contribution in [1.29, 1.82) is 0 Å². The highest BCUT2D eigenvalue weighted by molar-refractivity contribution is 7.89. The van der Waals surface area contributed by atoms with Gasteiger partial charge in [-0.3, -0.25) is 0 Å². The van der Waals surface area contributed by atoms with Crippen molar-refractivity contribution in [2.45, 2.75) is 64.8 Å². The normalized spacial score (nSPS) is 27.8. The SMILES string of the molecule is CC(C)NCCCCS(=O)(=O)N1CCC2CCCCC2C1. The molecule has 0 aromatic carbocycles. The minimum Gasteiger partial charge on any atom is -0.315 e. The Bertz CT molecular complexity index is 409. The van der Waals surface area contributed by atoms with Crippen LogP contribution in [0.1, 0.15) is 58.8 Å². The first-order valence-corrected chi connectivity index (χ1v) is 10.3. The van der Waals surface area contributed by atoms with Crippen molar-refractivity contribution in [1.82, 2.24) is 9.62 Å². The van der Waals surface area contributed by atoms with Crippen molar-refractivity contribution in [3.63, 3.8) is 0 Å². The molecule has 2 unspecified atom stereocenters. The molecule has 2 atom stereocenters. The summed E-state index contributed by atoms with van der Waals surface area (Å²) in [5, 5.41) is 3.34.